The molecule has 0 radical (unpaired) electrons. The van der Waals surface area contributed by atoms with Crippen LogP contribution in [0, 0.1) is 20.8 Å². The Hall–Kier alpha value is -1.09. The predicted molar refractivity (Wildman–Crippen MR) is 72.5 cm³/mol. The molecular formula is C14H16BrNO. The number of rotatable bonds is 3. The lowest BCUT2D eigenvalue weighted by molar-refractivity contribution is 0.499. The zero-order chi connectivity index (χ0) is 12.4. The molecule has 1 unspecified atom stereocenters. The Bertz CT molecular complexity index is 504. The number of aryl methyl sites for hydroxylation is 2. The maximum absolute atomic E-state index is 5.66. The fourth-order valence-electron chi connectivity index (χ4n) is 2.10. The van der Waals surface area contributed by atoms with Gasteiger partial charge in [0.15, 0.2) is 0 Å². The Morgan fingerprint density at radius 2 is 1.82 bits per heavy atom. The van der Waals surface area contributed by atoms with E-state index in [1.54, 1.807) is 0 Å². The summed E-state index contributed by atoms with van der Waals surface area (Å²) in [6.45, 7) is 6.15. The first-order chi connectivity index (χ1) is 8.09. The summed E-state index contributed by atoms with van der Waals surface area (Å²) in [6, 6.07) is 4.09. The largest absolute Gasteiger partial charge is 0.466 e. The van der Waals surface area contributed by atoms with Gasteiger partial charge in [0.25, 0.3) is 0 Å². The Kier molecular flexibility index (Phi) is 3.67. The Morgan fingerprint density at radius 3 is 2.35 bits per heavy atom. The topological polar surface area (TPSA) is 26.0 Å². The van der Waals surface area contributed by atoms with Crippen LogP contribution in [0.5, 0.6) is 0 Å². The monoisotopic (exact) mass is 293 g/mol. The molecule has 0 spiro atoms. The zero-order valence-corrected chi connectivity index (χ0v) is 11.9. The highest BCUT2D eigenvalue weighted by atomic mass is 79.9. The van der Waals surface area contributed by atoms with Gasteiger partial charge in [0, 0.05) is 22.8 Å². The van der Waals surface area contributed by atoms with Crippen molar-refractivity contribution in [3.63, 3.8) is 0 Å². The molecule has 2 rings (SSSR count). The number of hydrogen-bond acceptors (Lipinski definition) is 2. The van der Waals surface area contributed by atoms with E-state index in [0.29, 0.717) is 4.83 Å². The minimum atomic E-state index is 0.294. The van der Waals surface area contributed by atoms with Gasteiger partial charge in [-0.3, -0.25) is 4.98 Å². The quantitative estimate of drug-likeness (QED) is 0.790. The van der Waals surface area contributed by atoms with Gasteiger partial charge in [0.05, 0.1) is 0 Å². The minimum Gasteiger partial charge on any atom is -0.466 e. The molecule has 0 aliphatic rings. The number of pyridine rings is 1. The van der Waals surface area contributed by atoms with Crippen molar-refractivity contribution in [3.05, 3.63) is 52.7 Å². The summed E-state index contributed by atoms with van der Waals surface area (Å²) >= 11 is 3.76. The van der Waals surface area contributed by atoms with Crippen molar-refractivity contribution in [2.75, 3.05) is 0 Å². The lowest BCUT2D eigenvalue weighted by Gasteiger charge is -2.10. The molecule has 2 aromatic heterocycles. The SMILES string of the molecule is Cc1oc(C)c(C(Br)Cc2ccncc2)c1C. The molecule has 0 fully saturated rings. The third-order valence-corrected chi connectivity index (χ3v) is 3.88. The summed E-state index contributed by atoms with van der Waals surface area (Å²) in [6.07, 6.45) is 4.61. The molecule has 2 nitrogen and oxygen atoms in total. The van der Waals surface area contributed by atoms with Crippen LogP contribution in [0.15, 0.2) is 28.9 Å². The van der Waals surface area contributed by atoms with Crippen LogP contribution < -0.4 is 0 Å². The Morgan fingerprint density at radius 1 is 1.18 bits per heavy atom. The van der Waals surface area contributed by atoms with E-state index >= 15 is 0 Å². The Labute approximate surface area is 110 Å². The van der Waals surface area contributed by atoms with Crippen molar-refractivity contribution in [2.24, 2.45) is 0 Å². The van der Waals surface area contributed by atoms with Gasteiger partial charge in [0.1, 0.15) is 11.5 Å². The second-order valence-electron chi connectivity index (χ2n) is 4.28. The molecule has 0 aromatic carbocycles. The maximum Gasteiger partial charge on any atom is 0.105 e. The molecule has 0 amide bonds. The number of nitrogens with zero attached hydrogens (tertiary/aromatic N) is 1. The summed E-state index contributed by atoms with van der Waals surface area (Å²) in [4.78, 5) is 4.32. The van der Waals surface area contributed by atoms with Gasteiger partial charge in [-0.1, -0.05) is 15.9 Å². The third kappa shape index (κ3) is 2.60. The van der Waals surface area contributed by atoms with Gasteiger partial charge in [0.2, 0.25) is 0 Å². The van der Waals surface area contributed by atoms with Crippen molar-refractivity contribution in [3.8, 4) is 0 Å². The van der Waals surface area contributed by atoms with Crippen LogP contribution in [-0.2, 0) is 6.42 Å². The van der Waals surface area contributed by atoms with E-state index in [1.165, 1.54) is 16.7 Å². The van der Waals surface area contributed by atoms with Crippen LogP contribution in [0.2, 0.25) is 0 Å². The average Bonchev–Trinajstić information content (AvgIpc) is 2.54. The van der Waals surface area contributed by atoms with E-state index in [9.17, 15) is 0 Å². The van der Waals surface area contributed by atoms with E-state index in [1.807, 2.05) is 38.4 Å². The van der Waals surface area contributed by atoms with E-state index < -0.39 is 0 Å². The number of hydrogen-bond donors (Lipinski definition) is 0. The fourth-order valence-corrected chi connectivity index (χ4v) is 3.14. The molecule has 0 aliphatic carbocycles. The normalized spacial score (nSPS) is 12.7. The van der Waals surface area contributed by atoms with E-state index in [0.717, 1.165) is 17.9 Å². The zero-order valence-electron chi connectivity index (χ0n) is 10.3. The van der Waals surface area contributed by atoms with Crippen LogP contribution in [0.1, 0.15) is 33.0 Å². The van der Waals surface area contributed by atoms with Gasteiger partial charge >= 0.3 is 0 Å². The lowest BCUT2D eigenvalue weighted by atomic mass is 10.0. The van der Waals surface area contributed by atoms with Gasteiger partial charge in [-0.05, 0) is 50.5 Å². The van der Waals surface area contributed by atoms with E-state index in [4.69, 9.17) is 4.42 Å². The van der Waals surface area contributed by atoms with Crippen LogP contribution in [0.25, 0.3) is 0 Å². The van der Waals surface area contributed by atoms with Crippen molar-refractivity contribution in [1.29, 1.82) is 0 Å². The van der Waals surface area contributed by atoms with E-state index in [2.05, 4.69) is 27.8 Å². The number of halogens is 1. The molecular weight excluding hydrogens is 278 g/mol. The molecule has 0 saturated carbocycles. The molecule has 1 atom stereocenters. The van der Waals surface area contributed by atoms with Crippen molar-refractivity contribution < 1.29 is 4.42 Å². The predicted octanol–water partition coefficient (Wildman–Crippen LogP) is 4.28. The molecule has 3 heteroatoms. The van der Waals surface area contributed by atoms with Gasteiger partial charge in [-0.2, -0.15) is 0 Å². The first-order valence-corrected chi connectivity index (χ1v) is 6.60. The van der Waals surface area contributed by atoms with Gasteiger partial charge in [-0.15, -0.1) is 0 Å². The molecule has 17 heavy (non-hydrogen) atoms. The highest BCUT2D eigenvalue weighted by Gasteiger charge is 2.18. The highest BCUT2D eigenvalue weighted by molar-refractivity contribution is 9.09. The minimum absolute atomic E-state index is 0.294. The Balaban J connectivity index is 2.23. The number of furan rings is 1. The first-order valence-electron chi connectivity index (χ1n) is 5.69. The van der Waals surface area contributed by atoms with Crippen LogP contribution in [-0.4, -0.2) is 4.98 Å². The third-order valence-electron chi connectivity index (χ3n) is 3.10. The molecule has 0 aliphatic heterocycles. The first kappa shape index (κ1) is 12.4. The average molecular weight is 294 g/mol. The lowest BCUT2D eigenvalue weighted by Crippen LogP contribution is -1.98. The van der Waals surface area contributed by atoms with Crippen LogP contribution in [0.3, 0.4) is 0 Å². The second kappa shape index (κ2) is 5.05. The van der Waals surface area contributed by atoms with Crippen molar-refractivity contribution in [1.82, 2.24) is 4.98 Å². The number of aromatic nitrogens is 1. The molecule has 2 heterocycles. The molecule has 0 N–H and O–H groups in total. The van der Waals surface area contributed by atoms with Crippen molar-refractivity contribution >= 4 is 15.9 Å². The molecule has 2 aromatic rings. The summed E-state index contributed by atoms with van der Waals surface area (Å²) in [7, 11) is 0. The van der Waals surface area contributed by atoms with Gasteiger partial charge in [-0.25, -0.2) is 0 Å². The maximum atomic E-state index is 5.66. The van der Waals surface area contributed by atoms with Crippen molar-refractivity contribution in [2.45, 2.75) is 32.0 Å². The van der Waals surface area contributed by atoms with Crippen LogP contribution >= 0.6 is 15.9 Å². The summed E-state index contributed by atoms with van der Waals surface area (Å²) < 4.78 is 5.66. The highest BCUT2D eigenvalue weighted by Crippen LogP contribution is 2.34. The summed E-state index contributed by atoms with van der Waals surface area (Å²) in [5.41, 5.74) is 3.80. The number of alkyl halides is 1. The summed E-state index contributed by atoms with van der Waals surface area (Å²) in [5.74, 6) is 2.02. The van der Waals surface area contributed by atoms with E-state index in [-0.39, 0.29) is 0 Å². The molecule has 0 saturated heterocycles. The van der Waals surface area contributed by atoms with Crippen LogP contribution in [0.4, 0.5) is 0 Å². The fraction of sp³-hybridized carbons (Fsp3) is 0.357. The standard InChI is InChI=1S/C14H16BrNO/c1-9-10(2)17-11(3)14(9)13(15)8-12-4-6-16-7-5-12/h4-7,13H,8H2,1-3H3. The molecule has 0 bridgehead atoms. The summed E-state index contributed by atoms with van der Waals surface area (Å²) in [5, 5.41) is 0. The van der Waals surface area contributed by atoms with Gasteiger partial charge < -0.3 is 4.42 Å². The molecule has 90 valence electrons. The smallest absolute Gasteiger partial charge is 0.105 e. The second-order valence-corrected chi connectivity index (χ2v) is 5.39.